The first kappa shape index (κ1) is 13.3. The van der Waals surface area contributed by atoms with Crippen LogP contribution in [0, 0.1) is 11.3 Å². The molecule has 0 saturated carbocycles. The van der Waals surface area contributed by atoms with Gasteiger partial charge in [-0.25, -0.2) is 4.98 Å². The highest BCUT2D eigenvalue weighted by Crippen LogP contribution is 2.15. The number of methoxy groups -OCH3 is 1. The van der Waals surface area contributed by atoms with E-state index in [1.807, 2.05) is 17.0 Å². The van der Waals surface area contributed by atoms with Gasteiger partial charge in [-0.2, -0.15) is 5.26 Å². The van der Waals surface area contributed by atoms with Crippen molar-refractivity contribution >= 4 is 11.6 Å². The van der Waals surface area contributed by atoms with Crippen LogP contribution in [0.2, 0.25) is 0 Å². The highest BCUT2D eigenvalue weighted by Gasteiger charge is 2.23. The highest BCUT2D eigenvalue weighted by atomic mass is 16.5. The molecule has 1 aromatic rings. The van der Waals surface area contributed by atoms with Gasteiger partial charge in [-0.15, -0.1) is 0 Å². The smallest absolute Gasteiger partial charge is 0.242 e. The molecule has 1 aromatic heterocycles. The van der Waals surface area contributed by atoms with Gasteiger partial charge in [-0.05, 0) is 12.1 Å². The third kappa shape index (κ3) is 3.20. The molecule has 1 saturated heterocycles. The van der Waals surface area contributed by atoms with Crippen LogP contribution in [0.3, 0.4) is 0 Å². The second kappa shape index (κ2) is 6.16. The van der Waals surface area contributed by atoms with Crippen LogP contribution in [0.25, 0.3) is 0 Å². The molecule has 1 aliphatic rings. The van der Waals surface area contributed by atoms with E-state index in [9.17, 15) is 4.79 Å². The van der Waals surface area contributed by atoms with E-state index in [1.165, 1.54) is 0 Å². The molecular weight excluding hydrogens is 244 g/mol. The molecule has 19 heavy (non-hydrogen) atoms. The number of piperazine rings is 1. The van der Waals surface area contributed by atoms with Gasteiger partial charge in [0.15, 0.2) is 0 Å². The van der Waals surface area contributed by atoms with Crippen molar-refractivity contribution < 1.29 is 9.53 Å². The van der Waals surface area contributed by atoms with Gasteiger partial charge >= 0.3 is 0 Å². The van der Waals surface area contributed by atoms with Gasteiger partial charge in [0.1, 0.15) is 11.8 Å². The van der Waals surface area contributed by atoms with Crippen LogP contribution < -0.4 is 4.90 Å². The molecule has 1 amide bonds. The Hall–Kier alpha value is -2.13. The van der Waals surface area contributed by atoms with Gasteiger partial charge in [-0.1, -0.05) is 0 Å². The fourth-order valence-corrected chi connectivity index (χ4v) is 2.01. The van der Waals surface area contributed by atoms with Crippen LogP contribution in [0.1, 0.15) is 5.69 Å². The summed E-state index contributed by atoms with van der Waals surface area (Å²) in [4.78, 5) is 19.8. The molecule has 100 valence electrons. The molecule has 0 atom stereocenters. The Morgan fingerprint density at radius 2 is 2.32 bits per heavy atom. The van der Waals surface area contributed by atoms with Crippen molar-refractivity contribution in [2.45, 2.75) is 0 Å². The summed E-state index contributed by atoms with van der Waals surface area (Å²) in [6, 6.07) is 5.46. The molecule has 0 aliphatic carbocycles. The lowest BCUT2D eigenvalue weighted by molar-refractivity contribution is -0.131. The Bertz CT molecular complexity index is 480. The lowest BCUT2D eigenvalue weighted by atomic mass is 10.2. The minimum absolute atomic E-state index is 0.0904. The first-order valence-corrected chi connectivity index (χ1v) is 6.12. The predicted molar refractivity (Wildman–Crippen MR) is 69.6 cm³/mol. The molecule has 0 spiro atoms. The number of amides is 1. The van der Waals surface area contributed by atoms with Gasteiger partial charge in [0.2, 0.25) is 5.91 Å². The van der Waals surface area contributed by atoms with E-state index in [4.69, 9.17) is 10.00 Å². The Morgan fingerprint density at radius 1 is 1.47 bits per heavy atom. The minimum atomic E-state index is 0.0904. The molecule has 6 nitrogen and oxygen atoms in total. The molecule has 1 fully saturated rings. The zero-order valence-electron chi connectivity index (χ0n) is 10.9. The highest BCUT2D eigenvalue weighted by molar-refractivity contribution is 5.82. The van der Waals surface area contributed by atoms with Crippen molar-refractivity contribution in [3.05, 3.63) is 24.0 Å². The lowest BCUT2D eigenvalue weighted by Gasteiger charge is -2.35. The average Bonchev–Trinajstić information content (AvgIpc) is 2.46. The third-order valence-electron chi connectivity index (χ3n) is 3.11. The Morgan fingerprint density at radius 3 is 2.89 bits per heavy atom. The number of ether oxygens (including phenoxy) is 1. The summed E-state index contributed by atoms with van der Waals surface area (Å²) in [7, 11) is 1.63. The summed E-state index contributed by atoms with van der Waals surface area (Å²) in [6.07, 6.45) is 1.64. The summed E-state index contributed by atoms with van der Waals surface area (Å²) in [6.45, 7) is 2.99. The Labute approximate surface area is 112 Å². The van der Waals surface area contributed by atoms with Gasteiger partial charge in [0.25, 0.3) is 0 Å². The van der Waals surface area contributed by atoms with Crippen LogP contribution in [-0.2, 0) is 9.53 Å². The van der Waals surface area contributed by atoms with E-state index in [1.54, 1.807) is 24.3 Å². The Kier molecular flexibility index (Phi) is 4.31. The molecule has 0 radical (unpaired) electrons. The SMILES string of the molecule is COCCN1CCN(c2ccc(C#N)nc2)CC1=O. The van der Waals surface area contributed by atoms with Crippen LogP contribution in [0.4, 0.5) is 5.69 Å². The molecule has 2 rings (SSSR count). The van der Waals surface area contributed by atoms with Crippen LogP contribution in [0.15, 0.2) is 18.3 Å². The summed E-state index contributed by atoms with van der Waals surface area (Å²) >= 11 is 0. The number of nitrogens with zero attached hydrogens (tertiary/aromatic N) is 4. The number of nitriles is 1. The van der Waals surface area contributed by atoms with Gasteiger partial charge in [0, 0.05) is 26.7 Å². The first-order chi connectivity index (χ1) is 9.24. The second-order valence-electron chi connectivity index (χ2n) is 4.31. The average molecular weight is 260 g/mol. The molecule has 6 heteroatoms. The van der Waals surface area contributed by atoms with E-state index in [2.05, 4.69) is 4.98 Å². The van der Waals surface area contributed by atoms with E-state index < -0.39 is 0 Å². The van der Waals surface area contributed by atoms with Crippen LogP contribution in [-0.4, -0.2) is 55.7 Å². The van der Waals surface area contributed by atoms with Crippen molar-refractivity contribution in [1.82, 2.24) is 9.88 Å². The molecule has 2 heterocycles. The van der Waals surface area contributed by atoms with E-state index in [0.29, 0.717) is 31.9 Å². The number of carbonyl (C=O) groups is 1. The van der Waals surface area contributed by atoms with Crippen LogP contribution in [0.5, 0.6) is 0 Å². The number of aromatic nitrogens is 1. The number of anilines is 1. The maximum atomic E-state index is 12.0. The number of hydrogen-bond donors (Lipinski definition) is 0. The lowest BCUT2D eigenvalue weighted by Crippen LogP contribution is -2.51. The first-order valence-electron chi connectivity index (χ1n) is 6.12. The number of hydrogen-bond acceptors (Lipinski definition) is 5. The second-order valence-corrected chi connectivity index (χ2v) is 4.31. The monoisotopic (exact) mass is 260 g/mol. The number of rotatable bonds is 4. The van der Waals surface area contributed by atoms with Crippen molar-refractivity contribution in [2.24, 2.45) is 0 Å². The largest absolute Gasteiger partial charge is 0.383 e. The molecular formula is C13H16N4O2. The van der Waals surface area contributed by atoms with Gasteiger partial charge in [0.05, 0.1) is 25.0 Å². The summed E-state index contributed by atoms with van der Waals surface area (Å²) in [5.74, 6) is 0.0904. The zero-order valence-corrected chi connectivity index (χ0v) is 10.9. The minimum Gasteiger partial charge on any atom is -0.383 e. The molecule has 1 aliphatic heterocycles. The third-order valence-corrected chi connectivity index (χ3v) is 3.11. The van der Waals surface area contributed by atoms with Crippen molar-refractivity contribution in [3.8, 4) is 6.07 Å². The maximum absolute atomic E-state index is 12.0. The van der Waals surface area contributed by atoms with E-state index in [0.717, 1.165) is 12.2 Å². The fourth-order valence-electron chi connectivity index (χ4n) is 2.01. The van der Waals surface area contributed by atoms with E-state index in [-0.39, 0.29) is 5.91 Å². The molecule has 0 N–H and O–H groups in total. The van der Waals surface area contributed by atoms with E-state index >= 15 is 0 Å². The molecule has 0 unspecified atom stereocenters. The summed E-state index contributed by atoms with van der Waals surface area (Å²) < 4.78 is 4.98. The standard InChI is InChI=1S/C13H16N4O2/c1-19-7-6-16-4-5-17(10-13(16)18)12-3-2-11(8-14)15-9-12/h2-3,9H,4-7,10H2,1H3. The quantitative estimate of drug-likeness (QED) is 0.776. The van der Waals surface area contributed by atoms with Crippen molar-refractivity contribution in [2.75, 3.05) is 44.8 Å². The molecule has 0 aromatic carbocycles. The maximum Gasteiger partial charge on any atom is 0.242 e. The topological polar surface area (TPSA) is 69.5 Å². The number of pyridine rings is 1. The normalized spacial score (nSPS) is 15.5. The van der Waals surface area contributed by atoms with Crippen molar-refractivity contribution in [3.63, 3.8) is 0 Å². The van der Waals surface area contributed by atoms with Gasteiger partial charge < -0.3 is 14.5 Å². The fraction of sp³-hybridized carbons (Fsp3) is 0.462. The summed E-state index contributed by atoms with van der Waals surface area (Å²) in [5.41, 5.74) is 1.26. The summed E-state index contributed by atoms with van der Waals surface area (Å²) in [5, 5.41) is 8.70. The van der Waals surface area contributed by atoms with Crippen LogP contribution >= 0.6 is 0 Å². The Balaban J connectivity index is 1.97. The predicted octanol–water partition coefficient (Wildman–Crippen LogP) is 0.248. The zero-order chi connectivity index (χ0) is 13.7. The number of carbonyl (C=O) groups excluding carboxylic acids is 1. The molecule has 0 bridgehead atoms. The van der Waals surface area contributed by atoms with Gasteiger partial charge in [-0.3, -0.25) is 4.79 Å². The van der Waals surface area contributed by atoms with Crippen molar-refractivity contribution in [1.29, 1.82) is 5.26 Å².